The van der Waals surface area contributed by atoms with Crippen molar-refractivity contribution in [3.63, 3.8) is 0 Å². The second-order valence-electron chi connectivity index (χ2n) is 3.64. The molecule has 100 valence electrons. The minimum atomic E-state index is -0.916. The van der Waals surface area contributed by atoms with Crippen molar-refractivity contribution >= 4 is 29.5 Å². The van der Waals surface area contributed by atoms with Gasteiger partial charge in [0.15, 0.2) is 5.16 Å². The average molecular weight is 295 g/mol. The highest BCUT2D eigenvalue weighted by molar-refractivity contribution is 8.00. The van der Waals surface area contributed by atoms with E-state index in [1.807, 2.05) is 19.1 Å². The molecule has 1 aromatic heterocycles. The first kappa shape index (κ1) is 14.0. The van der Waals surface area contributed by atoms with Crippen LogP contribution >= 0.6 is 23.5 Å². The summed E-state index contributed by atoms with van der Waals surface area (Å²) in [4.78, 5) is 17.0. The molecule has 0 bridgehead atoms. The molecule has 1 heterocycles. The topological polar surface area (TPSA) is 68.0 Å². The molecule has 7 heteroatoms. The van der Waals surface area contributed by atoms with Gasteiger partial charge >= 0.3 is 5.97 Å². The van der Waals surface area contributed by atoms with Crippen LogP contribution in [0.4, 0.5) is 0 Å². The molecular formula is C12H13N3O2S2. The lowest BCUT2D eigenvalue weighted by Gasteiger charge is -2.09. The molecule has 0 unspecified atom stereocenters. The number of carboxylic acid groups (broad SMARTS) is 1. The lowest BCUT2D eigenvalue weighted by atomic mass is 10.2. The highest BCUT2D eigenvalue weighted by atomic mass is 32.2. The molecule has 2 rings (SSSR count). The number of thioether (sulfide) groups is 1. The van der Waals surface area contributed by atoms with E-state index in [4.69, 9.17) is 0 Å². The SMILES string of the molecule is CCSc1cccc(Sc2ncnn2C)c1C(=O)O. The van der Waals surface area contributed by atoms with E-state index in [1.165, 1.54) is 29.9 Å². The number of aromatic carboxylic acids is 1. The molecule has 1 N–H and O–H groups in total. The van der Waals surface area contributed by atoms with Crippen molar-refractivity contribution in [2.24, 2.45) is 7.05 Å². The van der Waals surface area contributed by atoms with Crippen LogP contribution in [0, 0.1) is 0 Å². The predicted molar refractivity (Wildman–Crippen MR) is 74.9 cm³/mol. The minimum Gasteiger partial charge on any atom is -0.478 e. The van der Waals surface area contributed by atoms with Gasteiger partial charge in [-0.3, -0.25) is 0 Å². The molecule has 1 aromatic carbocycles. The molecule has 0 fully saturated rings. The molecular weight excluding hydrogens is 282 g/mol. The van der Waals surface area contributed by atoms with Crippen molar-refractivity contribution in [3.05, 3.63) is 30.1 Å². The van der Waals surface area contributed by atoms with Crippen molar-refractivity contribution in [2.45, 2.75) is 21.9 Å². The number of aromatic nitrogens is 3. The summed E-state index contributed by atoms with van der Waals surface area (Å²) in [6.07, 6.45) is 1.45. The Morgan fingerprint density at radius 3 is 2.74 bits per heavy atom. The Hall–Kier alpha value is -1.47. The van der Waals surface area contributed by atoms with E-state index in [0.29, 0.717) is 15.6 Å². The molecule has 0 radical (unpaired) electrons. The number of nitrogens with zero attached hydrogens (tertiary/aromatic N) is 3. The second-order valence-corrected chi connectivity index (χ2v) is 5.95. The molecule has 0 saturated carbocycles. The zero-order valence-electron chi connectivity index (χ0n) is 10.5. The molecule has 0 aliphatic carbocycles. The summed E-state index contributed by atoms with van der Waals surface area (Å²) < 4.78 is 1.62. The van der Waals surface area contributed by atoms with Crippen LogP contribution in [-0.4, -0.2) is 31.6 Å². The lowest BCUT2D eigenvalue weighted by molar-refractivity contribution is 0.0689. The first-order valence-electron chi connectivity index (χ1n) is 5.64. The zero-order chi connectivity index (χ0) is 13.8. The molecule has 0 aliphatic rings. The van der Waals surface area contributed by atoms with E-state index >= 15 is 0 Å². The third-order valence-electron chi connectivity index (χ3n) is 2.37. The monoisotopic (exact) mass is 295 g/mol. The van der Waals surface area contributed by atoms with E-state index in [-0.39, 0.29) is 0 Å². The number of aryl methyl sites for hydroxylation is 1. The third kappa shape index (κ3) is 3.10. The Bertz CT molecular complexity index is 598. The van der Waals surface area contributed by atoms with Gasteiger partial charge in [-0.05, 0) is 29.6 Å². The average Bonchev–Trinajstić information content (AvgIpc) is 2.75. The van der Waals surface area contributed by atoms with Crippen molar-refractivity contribution in [1.82, 2.24) is 14.8 Å². The molecule has 0 saturated heterocycles. The Kier molecular flexibility index (Phi) is 4.49. The van der Waals surface area contributed by atoms with Gasteiger partial charge in [0.1, 0.15) is 6.33 Å². The van der Waals surface area contributed by atoms with E-state index in [2.05, 4.69) is 10.1 Å². The summed E-state index contributed by atoms with van der Waals surface area (Å²) in [6, 6.07) is 5.49. The summed E-state index contributed by atoms with van der Waals surface area (Å²) in [5.41, 5.74) is 0.336. The molecule has 2 aromatic rings. The van der Waals surface area contributed by atoms with Crippen LogP contribution in [0.3, 0.4) is 0 Å². The van der Waals surface area contributed by atoms with Crippen molar-refractivity contribution in [3.8, 4) is 0 Å². The van der Waals surface area contributed by atoms with Gasteiger partial charge in [0.05, 0.1) is 5.56 Å². The standard InChI is InChI=1S/C12H13N3O2S2/c1-3-18-8-5-4-6-9(10(8)11(16)17)19-12-13-7-14-15(12)2/h4-7H,3H2,1-2H3,(H,16,17). The molecule has 0 atom stereocenters. The molecule has 0 spiro atoms. The summed E-state index contributed by atoms with van der Waals surface area (Å²) in [5.74, 6) is -0.0838. The van der Waals surface area contributed by atoms with Crippen LogP contribution in [0.1, 0.15) is 17.3 Å². The third-order valence-corrected chi connectivity index (χ3v) is 4.43. The molecule has 19 heavy (non-hydrogen) atoms. The number of rotatable bonds is 5. The molecule has 0 aliphatic heterocycles. The fraction of sp³-hybridized carbons (Fsp3) is 0.250. The van der Waals surface area contributed by atoms with E-state index in [1.54, 1.807) is 17.8 Å². The van der Waals surface area contributed by atoms with Crippen LogP contribution in [0.2, 0.25) is 0 Å². The summed E-state index contributed by atoms with van der Waals surface area (Å²) in [5, 5.41) is 14.0. The van der Waals surface area contributed by atoms with E-state index in [0.717, 1.165) is 10.6 Å². The smallest absolute Gasteiger partial charge is 0.337 e. The number of carbonyl (C=O) groups is 1. The lowest BCUT2D eigenvalue weighted by Crippen LogP contribution is -2.02. The highest BCUT2D eigenvalue weighted by Gasteiger charge is 2.17. The Morgan fingerprint density at radius 2 is 2.16 bits per heavy atom. The Morgan fingerprint density at radius 1 is 1.42 bits per heavy atom. The number of carboxylic acids is 1. The van der Waals surface area contributed by atoms with Crippen LogP contribution in [-0.2, 0) is 7.05 Å². The van der Waals surface area contributed by atoms with Gasteiger partial charge in [-0.15, -0.1) is 11.8 Å². The van der Waals surface area contributed by atoms with Crippen LogP contribution in [0.15, 0.2) is 39.5 Å². The van der Waals surface area contributed by atoms with Gasteiger partial charge in [0, 0.05) is 16.8 Å². The summed E-state index contributed by atoms with van der Waals surface area (Å²) >= 11 is 2.84. The van der Waals surface area contributed by atoms with Crippen LogP contribution in [0.5, 0.6) is 0 Å². The van der Waals surface area contributed by atoms with Gasteiger partial charge in [0.2, 0.25) is 0 Å². The fourth-order valence-corrected chi connectivity index (χ4v) is 3.37. The van der Waals surface area contributed by atoms with Crippen LogP contribution < -0.4 is 0 Å². The fourth-order valence-electron chi connectivity index (χ4n) is 1.56. The largest absolute Gasteiger partial charge is 0.478 e. The number of hydrogen-bond acceptors (Lipinski definition) is 5. The Labute approximate surface area is 119 Å². The van der Waals surface area contributed by atoms with Gasteiger partial charge in [-0.2, -0.15) is 5.10 Å². The van der Waals surface area contributed by atoms with Gasteiger partial charge in [-0.25, -0.2) is 14.5 Å². The summed E-state index contributed by atoms with van der Waals surface area (Å²) in [6.45, 7) is 2.00. The maximum atomic E-state index is 11.5. The molecule has 5 nitrogen and oxygen atoms in total. The van der Waals surface area contributed by atoms with Gasteiger partial charge < -0.3 is 5.11 Å². The molecule has 0 amide bonds. The normalized spacial score (nSPS) is 10.6. The van der Waals surface area contributed by atoms with E-state index < -0.39 is 5.97 Å². The van der Waals surface area contributed by atoms with Crippen molar-refractivity contribution in [1.29, 1.82) is 0 Å². The quantitative estimate of drug-likeness (QED) is 0.855. The van der Waals surface area contributed by atoms with Crippen LogP contribution in [0.25, 0.3) is 0 Å². The number of hydrogen-bond donors (Lipinski definition) is 1. The zero-order valence-corrected chi connectivity index (χ0v) is 12.2. The van der Waals surface area contributed by atoms with Crippen molar-refractivity contribution in [2.75, 3.05) is 5.75 Å². The van der Waals surface area contributed by atoms with Gasteiger partial charge in [0.25, 0.3) is 0 Å². The Balaban J connectivity index is 2.42. The minimum absolute atomic E-state index is 0.336. The second kappa shape index (κ2) is 6.12. The first-order valence-corrected chi connectivity index (χ1v) is 7.44. The maximum Gasteiger partial charge on any atom is 0.337 e. The van der Waals surface area contributed by atoms with E-state index in [9.17, 15) is 9.90 Å². The van der Waals surface area contributed by atoms with Gasteiger partial charge in [-0.1, -0.05) is 13.0 Å². The predicted octanol–water partition coefficient (Wildman–Crippen LogP) is 2.78. The summed E-state index contributed by atoms with van der Waals surface area (Å²) in [7, 11) is 1.78. The maximum absolute atomic E-state index is 11.5. The number of benzene rings is 1. The first-order chi connectivity index (χ1) is 9.13. The highest BCUT2D eigenvalue weighted by Crippen LogP contribution is 2.34. The van der Waals surface area contributed by atoms with Crippen molar-refractivity contribution < 1.29 is 9.90 Å².